The number of thiocarbonyl (C=S) groups is 1. The Morgan fingerprint density at radius 1 is 1.39 bits per heavy atom. The first-order valence-electron chi connectivity index (χ1n) is 5.01. The van der Waals surface area contributed by atoms with Crippen molar-refractivity contribution in [1.82, 2.24) is 0 Å². The molecule has 0 aliphatic heterocycles. The smallest absolute Gasteiger partial charge is 0.258 e. The molecule has 0 saturated carbocycles. The van der Waals surface area contributed by atoms with E-state index in [2.05, 4.69) is 21.2 Å². The number of halogens is 1. The average molecular weight is 325 g/mol. The van der Waals surface area contributed by atoms with Gasteiger partial charge in [0.15, 0.2) is 0 Å². The zero-order valence-corrected chi connectivity index (χ0v) is 11.5. The molecular weight excluding hydrogens is 316 g/mol. The maximum atomic E-state index is 11.9. The van der Waals surface area contributed by atoms with Crippen LogP contribution in [0.1, 0.15) is 15.9 Å². The van der Waals surface area contributed by atoms with Gasteiger partial charge in [0.1, 0.15) is 11.3 Å². The van der Waals surface area contributed by atoms with Crippen molar-refractivity contribution in [3.8, 4) is 0 Å². The molecule has 0 spiro atoms. The molecule has 18 heavy (non-hydrogen) atoms. The van der Waals surface area contributed by atoms with Gasteiger partial charge in [-0.2, -0.15) is 0 Å². The lowest BCUT2D eigenvalue weighted by Crippen LogP contribution is -2.17. The van der Waals surface area contributed by atoms with Gasteiger partial charge in [0, 0.05) is 10.0 Å². The zero-order chi connectivity index (χ0) is 13.1. The van der Waals surface area contributed by atoms with Gasteiger partial charge in [-0.1, -0.05) is 28.1 Å². The first-order valence-corrected chi connectivity index (χ1v) is 6.21. The first kappa shape index (κ1) is 12.8. The minimum atomic E-state index is -0.278. The van der Waals surface area contributed by atoms with Crippen LogP contribution in [0.2, 0.25) is 0 Å². The van der Waals surface area contributed by atoms with Crippen molar-refractivity contribution < 1.29 is 9.21 Å². The van der Waals surface area contributed by atoms with Gasteiger partial charge in [0.25, 0.3) is 5.91 Å². The van der Waals surface area contributed by atoms with E-state index in [1.807, 2.05) is 6.07 Å². The topological polar surface area (TPSA) is 68.3 Å². The van der Waals surface area contributed by atoms with Crippen molar-refractivity contribution in [3.63, 3.8) is 0 Å². The fourth-order valence-corrected chi connectivity index (χ4v) is 1.96. The van der Waals surface area contributed by atoms with Crippen LogP contribution in [0.15, 0.2) is 45.7 Å². The van der Waals surface area contributed by atoms with E-state index in [4.69, 9.17) is 22.4 Å². The minimum Gasteiger partial charge on any atom is -0.472 e. The maximum absolute atomic E-state index is 11.9. The lowest BCUT2D eigenvalue weighted by molar-refractivity contribution is 0.102. The summed E-state index contributed by atoms with van der Waals surface area (Å²) in [6, 6.07) is 6.87. The van der Waals surface area contributed by atoms with Crippen LogP contribution >= 0.6 is 28.1 Å². The standard InChI is InChI=1S/C12H9BrN2O2S/c13-8-1-2-9(11(14)18)10(5-8)15-12(16)7-3-4-17-6-7/h1-6H,(H2,14,18)(H,15,16). The molecule has 0 radical (unpaired) electrons. The van der Waals surface area contributed by atoms with E-state index >= 15 is 0 Å². The Labute approximate surface area is 117 Å². The predicted molar refractivity (Wildman–Crippen MR) is 76.7 cm³/mol. The van der Waals surface area contributed by atoms with E-state index in [1.165, 1.54) is 12.5 Å². The van der Waals surface area contributed by atoms with Gasteiger partial charge in [-0.15, -0.1) is 0 Å². The molecule has 3 N–H and O–H groups in total. The molecule has 1 aromatic heterocycles. The van der Waals surface area contributed by atoms with Crippen LogP contribution in [-0.2, 0) is 0 Å². The molecule has 1 heterocycles. The third-order valence-electron chi connectivity index (χ3n) is 2.28. The number of hydrogen-bond donors (Lipinski definition) is 2. The van der Waals surface area contributed by atoms with Crippen molar-refractivity contribution in [1.29, 1.82) is 0 Å². The molecule has 92 valence electrons. The summed E-state index contributed by atoms with van der Waals surface area (Å²) < 4.78 is 5.68. The summed E-state index contributed by atoms with van der Waals surface area (Å²) in [6.45, 7) is 0. The third kappa shape index (κ3) is 2.77. The van der Waals surface area contributed by atoms with Crippen LogP contribution in [0, 0.1) is 0 Å². The van der Waals surface area contributed by atoms with E-state index in [0.717, 1.165) is 4.47 Å². The number of nitrogens with one attached hydrogen (secondary N) is 1. The Kier molecular flexibility index (Phi) is 3.78. The van der Waals surface area contributed by atoms with E-state index in [-0.39, 0.29) is 10.9 Å². The number of furan rings is 1. The summed E-state index contributed by atoms with van der Waals surface area (Å²) in [7, 11) is 0. The first-order chi connectivity index (χ1) is 8.58. The number of rotatable bonds is 3. The Balaban J connectivity index is 2.31. The molecule has 0 atom stereocenters. The fraction of sp³-hybridized carbons (Fsp3) is 0. The summed E-state index contributed by atoms with van der Waals surface area (Å²) in [5.41, 5.74) is 7.21. The second-order valence-electron chi connectivity index (χ2n) is 3.52. The molecule has 0 aliphatic carbocycles. The lowest BCUT2D eigenvalue weighted by atomic mass is 10.1. The highest BCUT2D eigenvalue weighted by molar-refractivity contribution is 9.10. The number of amides is 1. The minimum absolute atomic E-state index is 0.227. The molecular formula is C12H9BrN2O2S. The number of hydrogen-bond acceptors (Lipinski definition) is 3. The van der Waals surface area contributed by atoms with Gasteiger partial charge in [-0.25, -0.2) is 0 Å². The van der Waals surface area contributed by atoms with E-state index in [9.17, 15) is 4.79 Å². The van der Waals surface area contributed by atoms with E-state index < -0.39 is 0 Å². The molecule has 2 aromatic rings. The van der Waals surface area contributed by atoms with Crippen LogP contribution in [0.25, 0.3) is 0 Å². The molecule has 1 amide bonds. The molecule has 4 nitrogen and oxygen atoms in total. The number of nitrogens with two attached hydrogens (primary N) is 1. The Morgan fingerprint density at radius 3 is 2.78 bits per heavy atom. The van der Waals surface area contributed by atoms with Crippen molar-refractivity contribution in [2.24, 2.45) is 5.73 Å². The van der Waals surface area contributed by atoms with Gasteiger partial charge < -0.3 is 15.5 Å². The third-order valence-corrected chi connectivity index (χ3v) is 2.99. The van der Waals surface area contributed by atoms with Crippen molar-refractivity contribution in [3.05, 3.63) is 52.4 Å². The maximum Gasteiger partial charge on any atom is 0.258 e. The van der Waals surface area contributed by atoms with Crippen LogP contribution in [0.5, 0.6) is 0 Å². The molecule has 2 rings (SSSR count). The zero-order valence-electron chi connectivity index (χ0n) is 9.14. The van der Waals surface area contributed by atoms with Gasteiger partial charge in [-0.3, -0.25) is 4.79 Å². The van der Waals surface area contributed by atoms with Crippen LogP contribution < -0.4 is 11.1 Å². The molecule has 0 unspecified atom stereocenters. The summed E-state index contributed by atoms with van der Waals surface area (Å²) >= 11 is 8.27. The van der Waals surface area contributed by atoms with Crippen molar-refractivity contribution in [2.75, 3.05) is 5.32 Å². The average Bonchev–Trinajstić information content (AvgIpc) is 2.81. The fourth-order valence-electron chi connectivity index (χ4n) is 1.42. The summed E-state index contributed by atoms with van der Waals surface area (Å²) in [5, 5.41) is 2.74. The monoisotopic (exact) mass is 324 g/mol. The van der Waals surface area contributed by atoms with Crippen molar-refractivity contribution in [2.45, 2.75) is 0 Å². The van der Waals surface area contributed by atoms with Crippen molar-refractivity contribution >= 4 is 44.7 Å². The number of carbonyl (C=O) groups is 1. The molecule has 1 aromatic carbocycles. The van der Waals surface area contributed by atoms with E-state index in [0.29, 0.717) is 16.8 Å². The molecule has 6 heteroatoms. The number of anilines is 1. The second kappa shape index (κ2) is 5.32. The van der Waals surface area contributed by atoms with Gasteiger partial charge in [0.05, 0.1) is 17.5 Å². The summed E-state index contributed by atoms with van der Waals surface area (Å²) in [4.78, 5) is 12.1. The molecule has 0 saturated heterocycles. The lowest BCUT2D eigenvalue weighted by Gasteiger charge is -2.09. The van der Waals surface area contributed by atoms with Crippen LogP contribution in [-0.4, -0.2) is 10.9 Å². The van der Waals surface area contributed by atoms with Gasteiger partial charge in [-0.05, 0) is 24.3 Å². The molecule has 0 fully saturated rings. The SMILES string of the molecule is NC(=S)c1ccc(Br)cc1NC(=O)c1ccoc1. The number of carbonyl (C=O) groups excluding carboxylic acids is 1. The highest BCUT2D eigenvalue weighted by atomic mass is 79.9. The Hall–Kier alpha value is -1.66. The second-order valence-corrected chi connectivity index (χ2v) is 4.88. The highest BCUT2D eigenvalue weighted by Crippen LogP contribution is 2.22. The van der Waals surface area contributed by atoms with Crippen LogP contribution in [0.4, 0.5) is 5.69 Å². The number of benzene rings is 1. The molecule has 0 aliphatic rings. The highest BCUT2D eigenvalue weighted by Gasteiger charge is 2.11. The normalized spacial score (nSPS) is 10.1. The Bertz CT molecular complexity index is 596. The quantitative estimate of drug-likeness (QED) is 0.852. The predicted octanol–water partition coefficient (Wildman–Crippen LogP) is 2.93. The summed E-state index contributed by atoms with van der Waals surface area (Å²) in [6.07, 6.45) is 2.80. The van der Waals surface area contributed by atoms with Gasteiger partial charge in [0.2, 0.25) is 0 Å². The summed E-state index contributed by atoms with van der Waals surface area (Å²) in [5.74, 6) is -0.278. The van der Waals surface area contributed by atoms with Crippen LogP contribution in [0.3, 0.4) is 0 Å². The largest absolute Gasteiger partial charge is 0.472 e. The van der Waals surface area contributed by atoms with Gasteiger partial charge >= 0.3 is 0 Å². The Morgan fingerprint density at radius 2 is 2.17 bits per heavy atom. The van der Waals surface area contributed by atoms with E-state index in [1.54, 1.807) is 18.2 Å². The molecule has 0 bridgehead atoms.